The SMILES string of the molecule is C=CCO[Si](O)(O)O.O=[Si]=O. The lowest BCUT2D eigenvalue weighted by Crippen LogP contribution is -2.38. The average Bonchev–Trinajstić information content (AvgIpc) is 1.84. The summed E-state index contributed by atoms with van der Waals surface area (Å²) < 4.78 is 20.9. The third-order valence-corrected chi connectivity index (χ3v) is 0.949. The third kappa shape index (κ3) is 26.2. The molecule has 0 atom stereocenters. The lowest BCUT2D eigenvalue weighted by molar-refractivity contribution is 0.0746. The molecule has 8 heteroatoms. The van der Waals surface area contributed by atoms with Crippen molar-refractivity contribution in [3.05, 3.63) is 12.7 Å². The van der Waals surface area contributed by atoms with Crippen molar-refractivity contribution in [1.29, 1.82) is 0 Å². The highest BCUT2D eigenvalue weighted by Crippen LogP contribution is 1.86. The zero-order valence-corrected chi connectivity index (χ0v) is 7.56. The van der Waals surface area contributed by atoms with Crippen molar-refractivity contribution in [3.63, 3.8) is 0 Å². The van der Waals surface area contributed by atoms with Crippen molar-refractivity contribution in [2.45, 2.75) is 0 Å². The molecule has 0 bridgehead atoms. The standard InChI is InChI=1S/C3H8O4Si.O2Si/c1-2-3-7-8(4,5)6;1-3-2/h2,4-6H,1,3H2;. The summed E-state index contributed by atoms with van der Waals surface area (Å²) in [4.78, 5) is 24.4. The minimum Gasteiger partial charge on any atom is -0.368 e. The zero-order valence-electron chi connectivity index (χ0n) is 5.56. The van der Waals surface area contributed by atoms with Crippen LogP contribution in [0.1, 0.15) is 0 Å². The summed E-state index contributed by atoms with van der Waals surface area (Å²) in [6, 6.07) is 0. The fourth-order valence-electron chi connectivity index (χ4n) is 0.171. The Kier molecular flexibility index (Phi) is 9.28. The van der Waals surface area contributed by atoms with Gasteiger partial charge in [0.1, 0.15) is 0 Å². The van der Waals surface area contributed by atoms with Crippen LogP contribution in [0.15, 0.2) is 12.7 Å². The molecule has 0 spiro atoms. The largest absolute Gasteiger partial charge is 0.671 e. The van der Waals surface area contributed by atoms with E-state index in [2.05, 4.69) is 11.0 Å². The fourth-order valence-corrected chi connectivity index (χ4v) is 0.512. The van der Waals surface area contributed by atoms with E-state index in [1.165, 1.54) is 6.08 Å². The van der Waals surface area contributed by atoms with E-state index < -0.39 is 18.3 Å². The maximum absolute atomic E-state index is 8.40. The molecule has 0 aromatic heterocycles. The van der Waals surface area contributed by atoms with Gasteiger partial charge in [0, 0.05) is 0 Å². The number of hydrogen-bond donors (Lipinski definition) is 3. The maximum atomic E-state index is 8.40. The van der Waals surface area contributed by atoms with Gasteiger partial charge in [-0.2, -0.15) is 0 Å². The summed E-state index contributed by atoms with van der Waals surface area (Å²) in [6.45, 7) is 3.18. The van der Waals surface area contributed by atoms with Crippen LogP contribution in [0.25, 0.3) is 0 Å². The Morgan fingerprint density at radius 3 is 1.91 bits per heavy atom. The minimum atomic E-state index is -4.25. The molecule has 0 aliphatic rings. The molecule has 3 N–H and O–H groups in total. The van der Waals surface area contributed by atoms with Crippen LogP contribution in [0.2, 0.25) is 0 Å². The van der Waals surface area contributed by atoms with Gasteiger partial charge in [0.05, 0.1) is 6.61 Å². The highest BCUT2D eigenvalue weighted by atomic mass is 28.4. The molecule has 0 saturated heterocycles. The van der Waals surface area contributed by atoms with Crippen molar-refractivity contribution in [3.8, 4) is 0 Å². The van der Waals surface area contributed by atoms with Crippen LogP contribution in [-0.4, -0.2) is 39.3 Å². The normalized spacial score (nSPS) is 9.00. The van der Waals surface area contributed by atoms with Gasteiger partial charge in [-0.15, -0.1) is 6.58 Å². The van der Waals surface area contributed by atoms with Crippen LogP contribution in [0.5, 0.6) is 0 Å². The van der Waals surface area contributed by atoms with Crippen LogP contribution in [-0.2, 0) is 13.3 Å². The van der Waals surface area contributed by atoms with E-state index in [4.69, 9.17) is 23.3 Å². The Morgan fingerprint density at radius 1 is 1.45 bits per heavy atom. The van der Waals surface area contributed by atoms with E-state index in [1.807, 2.05) is 0 Å². The summed E-state index contributed by atoms with van der Waals surface area (Å²) in [5.74, 6) is 0. The highest BCUT2D eigenvalue weighted by molar-refractivity contribution is 6.48. The molecule has 11 heavy (non-hydrogen) atoms. The van der Waals surface area contributed by atoms with Gasteiger partial charge in [-0.05, 0) is 0 Å². The van der Waals surface area contributed by atoms with Crippen LogP contribution in [0, 0.1) is 0 Å². The van der Waals surface area contributed by atoms with Gasteiger partial charge >= 0.3 is 18.3 Å². The van der Waals surface area contributed by atoms with E-state index in [9.17, 15) is 0 Å². The lowest BCUT2D eigenvalue weighted by atomic mass is 10.7. The molecule has 0 aliphatic heterocycles. The smallest absolute Gasteiger partial charge is 0.368 e. The summed E-state index contributed by atoms with van der Waals surface area (Å²) >= 11 is 0. The first-order valence-electron chi connectivity index (χ1n) is 2.39. The van der Waals surface area contributed by atoms with Gasteiger partial charge in [-0.3, -0.25) is 8.92 Å². The number of hydrogen-bond acceptors (Lipinski definition) is 6. The second-order valence-corrected chi connectivity index (χ2v) is 2.86. The summed E-state index contributed by atoms with van der Waals surface area (Å²) in [7, 11) is -5.67. The van der Waals surface area contributed by atoms with Crippen molar-refractivity contribution >= 4 is 18.3 Å². The van der Waals surface area contributed by atoms with Gasteiger partial charge in [0.15, 0.2) is 0 Å². The van der Waals surface area contributed by atoms with Gasteiger partial charge in [-0.1, -0.05) is 6.08 Å². The second-order valence-electron chi connectivity index (χ2n) is 1.26. The second kappa shape index (κ2) is 7.72. The minimum absolute atomic E-state index is 0.0459. The molecule has 64 valence electrons. The van der Waals surface area contributed by atoms with E-state index in [1.54, 1.807) is 0 Å². The van der Waals surface area contributed by atoms with Crippen LogP contribution >= 0.6 is 0 Å². The van der Waals surface area contributed by atoms with Gasteiger partial charge < -0.3 is 18.8 Å². The molecule has 0 amide bonds. The van der Waals surface area contributed by atoms with E-state index in [-0.39, 0.29) is 6.61 Å². The van der Waals surface area contributed by atoms with Crippen molar-refractivity contribution in [1.82, 2.24) is 0 Å². The summed E-state index contributed by atoms with van der Waals surface area (Å²) in [5.41, 5.74) is 0. The first-order valence-corrected chi connectivity index (χ1v) is 4.95. The molecule has 0 aromatic carbocycles. The Balaban J connectivity index is 0. The van der Waals surface area contributed by atoms with Crippen LogP contribution in [0.3, 0.4) is 0 Å². The average molecular weight is 196 g/mol. The highest BCUT2D eigenvalue weighted by Gasteiger charge is 2.29. The van der Waals surface area contributed by atoms with E-state index in [0.29, 0.717) is 0 Å². The monoisotopic (exact) mass is 196 g/mol. The molecule has 0 unspecified atom stereocenters. The molecule has 0 aliphatic carbocycles. The van der Waals surface area contributed by atoms with Gasteiger partial charge in [0.25, 0.3) is 0 Å². The summed E-state index contributed by atoms with van der Waals surface area (Å²) in [6.07, 6.45) is 1.31. The topological polar surface area (TPSA) is 104 Å². The number of rotatable bonds is 3. The summed E-state index contributed by atoms with van der Waals surface area (Å²) in [5, 5.41) is 0. The van der Waals surface area contributed by atoms with Gasteiger partial charge in [0.2, 0.25) is 0 Å². The van der Waals surface area contributed by atoms with Gasteiger partial charge in [-0.25, -0.2) is 0 Å². The molecule has 0 aromatic rings. The Hall–Kier alpha value is -0.386. The molecular formula is C3H8O6Si2. The first-order chi connectivity index (χ1) is 4.97. The molecule has 6 nitrogen and oxygen atoms in total. The predicted octanol–water partition coefficient (Wildman–Crippen LogP) is -2.02. The molecule has 0 radical (unpaired) electrons. The zero-order chi connectivity index (χ0) is 9.33. The molecular weight excluding hydrogens is 188 g/mol. The van der Waals surface area contributed by atoms with Crippen LogP contribution in [0.4, 0.5) is 0 Å². The first kappa shape index (κ1) is 13.2. The quantitative estimate of drug-likeness (QED) is 0.356. The Labute approximate surface area is 66.2 Å². The lowest BCUT2D eigenvalue weighted by Gasteiger charge is -2.05. The fraction of sp³-hybridized carbons (Fsp3) is 0.333. The van der Waals surface area contributed by atoms with Crippen LogP contribution < -0.4 is 0 Å². The Bertz CT molecular complexity index is 133. The third-order valence-electron chi connectivity index (χ3n) is 0.395. The maximum Gasteiger partial charge on any atom is 0.671 e. The molecule has 0 saturated carbocycles. The Morgan fingerprint density at radius 2 is 1.82 bits per heavy atom. The molecule has 0 fully saturated rings. The van der Waals surface area contributed by atoms with E-state index >= 15 is 0 Å². The predicted molar refractivity (Wildman–Crippen MR) is 35.7 cm³/mol. The van der Waals surface area contributed by atoms with Crippen molar-refractivity contribution < 1.29 is 27.7 Å². The van der Waals surface area contributed by atoms with Crippen molar-refractivity contribution in [2.75, 3.05) is 6.61 Å². The van der Waals surface area contributed by atoms with E-state index in [0.717, 1.165) is 0 Å². The van der Waals surface area contributed by atoms with Crippen molar-refractivity contribution in [2.24, 2.45) is 0 Å². The molecule has 0 rings (SSSR count). The molecule has 0 heterocycles.